The van der Waals surface area contributed by atoms with Gasteiger partial charge in [-0.1, -0.05) is 30.7 Å². The Morgan fingerprint density at radius 3 is 2.67 bits per heavy atom. The quantitative estimate of drug-likeness (QED) is 0.785. The van der Waals surface area contributed by atoms with Crippen molar-refractivity contribution in [2.45, 2.75) is 25.8 Å². The molecule has 0 spiro atoms. The average molecular weight is 310 g/mol. The molecule has 0 aliphatic heterocycles. The Morgan fingerprint density at radius 2 is 2.11 bits per heavy atom. The summed E-state index contributed by atoms with van der Waals surface area (Å²) < 4.78 is 26.3. The molecule has 6 heteroatoms. The lowest BCUT2D eigenvalue weighted by Crippen LogP contribution is -2.30. The number of rotatable bonds is 7. The smallest absolute Gasteiger partial charge is 0.212 e. The first-order chi connectivity index (χ1) is 8.48. The van der Waals surface area contributed by atoms with Crippen LogP contribution in [0.15, 0.2) is 24.3 Å². The summed E-state index contributed by atoms with van der Waals surface area (Å²) in [5, 5.41) is 0.603. The Kier molecular flexibility index (Phi) is 6.43. The highest BCUT2D eigenvalue weighted by molar-refractivity contribution is 7.89. The van der Waals surface area contributed by atoms with Gasteiger partial charge in [-0.2, -0.15) is 0 Å². The van der Waals surface area contributed by atoms with Gasteiger partial charge in [0.25, 0.3) is 0 Å². The van der Waals surface area contributed by atoms with Crippen molar-refractivity contribution in [3.05, 3.63) is 34.9 Å². The molecule has 0 saturated heterocycles. The lowest BCUT2D eigenvalue weighted by molar-refractivity contribution is 0.549. The van der Waals surface area contributed by atoms with E-state index in [9.17, 15) is 8.42 Å². The van der Waals surface area contributed by atoms with Gasteiger partial charge in [0.2, 0.25) is 10.0 Å². The molecule has 1 N–H and O–H groups in total. The van der Waals surface area contributed by atoms with Crippen molar-refractivity contribution in [1.29, 1.82) is 0 Å². The number of benzene rings is 1. The number of halogens is 2. The van der Waals surface area contributed by atoms with Crippen LogP contribution in [0, 0.1) is 0 Å². The van der Waals surface area contributed by atoms with Crippen LogP contribution >= 0.6 is 23.2 Å². The molecule has 18 heavy (non-hydrogen) atoms. The van der Waals surface area contributed by atoms with Crippen LogP contribution < -0.4 is 4.72 Å². The Bertz CT molecular complexity index is 477. The van der Waals surface area contributed by atoms with Crippen molar-refractivity contribution >= 4 is 33.2 Å². The molecule has 102 valence electrons. The van der Waals surface area contributed by atoms with E-state index in [2.05, 4.69) is 4.72 Å². The first-order valence-electron chi connectivity index (χ1n) is 5.80. The predicted octanol–water partition coefficient (Wildman–Crippen LogP) is 3.34. The zero-order chi connectivity index (χ0) is 13.6. The summed E-state index contributed by atoms with van der Waals surface area (Å²) in [5.74, 6) is 0.391. The van der Waals surface area contributed by atoms with Gasteiger partial charge in [0, 0.05) is 16.9 Å². The van der Waals surface area contributed by atoms with Gasteiger partial charge in [-0.05, 0) is 30.5 Å². The number of alkyl halides is 1. The minimum atomic E-state index is -3.29. The predicted molar refractivity (Wildman–Crippen MR) is 76.7 cm³/mol. The summed E-state index contributed by atoms with van der Waals surface area (Å²) in [6, 6.07) is 6.97. The van der Waals surface area contributed by atoms with Crippen LogP contribution in [0.2, 0.25) is 5.02 Å². The van der Waals surface area contributed by atoms with Crippen LogP contribution in [0.25, 0.3) is 0 Å². The number of hydrogen-bond donors (Lipinski definition) is 1. The summed E-state index contributed by atoms with van der Waals surface area (Å²) in [5.41, 5.74) is 0.874. The fourth-order valence-corrected chi connectivity index (χ4v) is 3.50. The highest BCUT2D eigenvalue weighted by Gasteiger charge is 2.17. The second kappa shape index (κ2) is 7.34. The van der Waals surface area contributed by atoms with E-state index in [4.69, 9.17) is 23.2 Å². The van der Waals surface area contributed by atoms with Gasteiger partial charge in [0.15, 0.2) is 0 Å². The van der Waals surface area contributed by atoms with E-state index in [-0.39, 0.29) is 11.8 Å². The fraction of sp³-hybridized carbons (Fsp3) is 0.500. The topological polar surface area (TPSA) is 46.2 Å². The Labute approximate surface area is 119 Å². The molecule has 0 amide bonds. The Balaban J connectivity index is 2.79. The fourth-order valence-electron chi connectivity index (χ4n) is 1.63. The van der Waals surface area contributed by atoms with Crippen molar-refractivity contribution in [2.75, 3.05) is 11.6 Å². The molecule has 1 rings (SSSR count). The molecular weight excluding hydrogens is 293 g/mol. The summed E-state index contributed by atoms with van der Waals surface area (Å²) in [7, 11) is -3.29. The standard InChI is InChI=1S/C12H17Cl2NO2S/c1-2-12(10-5-3-6-11(14)9-10)15-18(16,17)8-4-7-13/h3,5-6,9,12,15H,2,4,7-8H2,1H3. The molecule has 0 heterocycles. The minimum Gasteiger partial charge on any atom is -0.212 e. The first kappa shape index (κ1) is 15.8. The van der Waals surface area contributed by atoms with Crippen LogP contribution in [0.5, 0.6) is 0 Å². The zero-order valence-electron chi connectivity index (χ0n) is 10.2. The maximum Gasteiger partial charge on any atom is 0.212 e. The van der Waals surface area contributed by atoms with Gasteiger partial charge < -0.3 is 0 Å². The van der Waals surface area contributed by atoms with E-state index < -0.39 is 10.0 Å². The molecule has 0 saturated carbocycles. The van der Waals surface area contributed by atoms with Crippen LogP contribution in [0.4, 0.5) is 0 Å². The Hall–Kier alpha value is -0.290. The normalized spacial score (nSPS) is 13.5. The van der Waals surface area contributed by atoms with Crippen molar-refractivity contribution in [1.82, 2.24) is 4.72 Å². The maximum atomic E-state index is 11.8. The molecule has 1 atom stereocenters. The zero-order valence-corrected chi connectivity index (χ0v) is 12.5. The summed E-state index contributed by atoms with van der Waals surface area (Å²) >= 11 is 11.4. The summed E-state index contributed by atoms with van der Waals surface area (Å²) in [6.07, 6.45) is 1.11. The summed E-state index contributed by atoms with van der Waals surface area (Å²) in [6.45, 7) is 1.93. The van der Waals surface area contributed by atoms with Gasteiger partial charge in [0.1, 0.15) is 0 Å². The SMILES string of the molecule is CCC(NS(=O)(=O)CCCCl)c1cccc(Cl)c1. The first-order valence-corrected chi connectivity index (χ1v) is 8.36. The monoisotopic (exact) mass is 309 g/mol. The molecule has 0 bridgehead atoms. The molecule has 0 aliphatic carbocycles. The van der Waals surface area contributed by atoms with Gasteiger partial charge in [0.05, 0.1) is 5.75 Å². The van der Waals surface area contributed by atoms with E-state index in [0.29, 0.717) is 23.7 Å². The van der Waals surface area contributed by atoms with Gasteiger partial charge >= 0.3 is 0 Å². The van der Waals surface area contributed by atoms with E-state index >= 15 is 0 Å². The number of sulfonamides is 1. The van der Waals surface area contributed by atoms with Crippen molar-refractivity contribution in [2.24, 2.45) is 0 Å². The third kappa shape index (κ3) is 5.14. The number of hydrogen-bond acceptors (Lipinski definition) is 2. The molecule has 0 radical (unpaired) electrons. The van der Waals surface area contributed by atoms with Gasteiger partial charge in [-0.15, -0.1) is 11.6 Å². The van der Waals surface area contributed by atoms with E-state index in [1.165, 1.54) is 0 Å². The summed E-state index contributed by atoms with van der Waals surface area (Å²) in [4.78, 5) is 0. The second-order valence-electron chi connectivity index (χ2n) is 4.00. The molecular formula is C12H17Cl2NO2S. The van der Waals surface area contributed by atoms with Crippen LogP contribution in [0.1, 0.15) is 31.4 Å². The van der Waals surface area contributed by atoms with Crippen LogP contribution in [0.3, 0.4) is 0 Å². The highest BCUT2D eigenvalue weighted by Crippen LogP contribution is 2.21. The van der Waals surface area contributed by atoms with Gasteiger partial charge in [-0.3, -0.25) is 0 Å². The van der Waals surface area contributed by atoms with Crippen LogP contribution in [-0.4, -0.2) is 20.1 Å². The molecule has 1 unspecified atom stereocenters. The highest BCUT2D eigenvalue weighted by atomic mass is 35.5. The molecule has 0 aliphatic rings. The molecule has 0 aromatic heterocycles. The molecule has 1 aromatic rings. The van der Waals surface area contributed by atoms with Crippen molar-refractivity contribution in [3.63, 3.8) is 0 Å². The maximum absolute atomic E-state index is 11.8. The third-order valence-corrected chi connectivity index (χ3v) is 4.50. The lowest BCUT2D eigenvalue weighted by Gasteiger charge is -2.17. The van der Waals surface area contributed by atoms with E-state index in [1.807, 2.05) is 19.1 Å². The Morgan fingerprint density at radius 1 is 1.39 bits per heavy atom. The molecule has 3 nitrogen and oxygen atoms in total. The number of nitrogens with one attached hydrogen (secondary N) is 1. The van der Waals surface area contributed by atoms with Gasteiger partial charge in [-0.25, -0.2) is 13.1 Å². The average Bonchev–Trinajstić information content (AvgIpc) is 2.33. The van der Waals surface area contributed by atoms with E-state index in [0.717, 1.165) is 5.56 Å². The molecule has 0 fully saturated rings. The van der Waals surface area contributed by atoms with E-state index in [1.54, 1.807) is 12.1 Å². The molecule has 1 aromatic carbocycles. The van der Waals surface area contributed by atoms with Crippen molar-refractivity contribution < 1.29 is 8.42 Å². The minimum absolute atomic E-state index is 0.0492. The lowest BCUT2D eigenvalue weighted by atomic mass is 10.1. The second-order valence-corrected chi connectivity index (χ2v) is 6.68. The van der Waals surface area contributed by atoms with Crippen molar-refractivity contribution in [3.8, 4) is 0 Å². The largest absolute Gasteiger partial charge is 0.212 e. The van der Waals surface area contributed by atoms with Crippen LogP contribution in [-0.2, 0) is 10.0 Å². The third-order valence-electron chi connectivity index (χ3n) is 2.53.